The minimum absolute atomic E-state index is 0.156. The van der Waals surface area contributed by atoms with Crippen molar-refractivity contribution in [1.29, 1.82) is 0 Å². The third-order valence-corrected chi connectivity index (χ3v) is 5.17. The molecule has 0 radical (unpaired) electrons. The zero-order chi connectivity index (χ0) is 17.9. The molecule has 2 aliphatic rings. The number of carbonyl (C=O) groups is 1. The van der Waals surface area contributed by atoms with Crippen molar-refractivity contribution in [1.82, 2.24) is 4.90 Å². The lowest BCUT2D eigenvalue weighted by molar-refractivity contribution is -0.143. The van der Waals surface area contributed by atoms with Gasteiger partial charge in [-0.3, -0.25) is 4.79 Å². The van der Waals surface area contributed by atoms with E-state index in [1.165, 1.54) is 0 Å². The number of likely N-dealkylation sites (tertiary alicyclic amines) is 1. The number of benzene rings is 2. The van der Waals surface area contributed by atoms with Gasteiger partial charge in [0.05, 0.1) is 12.5 Å². The first-order valence-electron chi connectivity index (χ1n) is 9.15. The summed E-state index contributed by atoms with van der Waals surface area (Å²) in [5.74, 6) is 0.719. The van der Waals surface area contributed by atoms with Crippen molar-refractivity contribution in [2.24, 2.45) is 5.92 Å². The lowest BCUT2D eigenvalue weighted by atomic mass is 9.97. The van der Waals surface area contributed by atoms with Gasteiger partial charge >= 0.3 is 5.97 Å². The summed E-state index contributed by atoms with van der Waals surface area (Å²) in [5.41, 5.74) is 2.07. The normalized spacial score (nSPS) is 20.1. The molecule has 0 aliphatic carbocycles. The average Bonchev–Trinajstić information content (AvgIpc) is 2.67. The zero-order valence-corrected chi connectivity index (χ0v) is 14.6. The summed E-state index contributed by atoms with van der Waals surface area (Å²) < 4.78 is 12.3. The SMILES string of the molecule is O=C(O)C1CCCN(CCOC2c3ccccc3Oc3ccccc32)C1. The van der Waals surface area contributed by atoms with Crippen molar-refractivity contribution in [3.05, 3.63) is 59.7 Å². The molecule has 2 aromatic carbocycles. The van der Waals surface area contributed by atoms with Gasteiger partial charge in [0, 0.05) is 24.2 Å². The van der Waals surface area contributed by atoms with Crippen LogP contribution in [-0.2, 0) is 9.53 Å². The summed E-state index contributed by atoms with van der Waals surface area (Å²) >= 11 is 0. The van der Waals surface area contributed by atoms with E-state index in [2.05, 4.69) is 4.90 Å². The Kier molecular flexibility index (Phi) is 4.91. The van der Waals surface area contributed by atoms with E-state index in [1.807, 2.05) is 48.5 Å². The summed E-state index contributed by atoms with van der Waals surface area (Å²) in [4.78, 5) is 13.4. The second kappa shape index (κ2) is 7.48. The highest BCUT2D eigenvalue weighted by Crippen LogP contribution is 2.44. The van der Waals surface area contributed by atoms with Crippen molar-refractivity contribution < 1.29 is 19.4 Å². The molecular weight excluding hydrogens is 330 g/mol. The van der Waals surface area contributed by atoms with Crippen LogP contribution in [0.2, 0.25) is 0 Å². The van der Waals surface area contributed by atoms with E-state index in [0.29, 0.717) is 13.2 Å². The first-order valence-corrected chi connectivity index (χ1v) is 9.15. The van der Waals surface area contributed by atoms with Gasteiger partial charge in [0.1, 0.15) is 17.6 Å². The molecule has 2 heterocycles. The molecule has 136 valence electrons. The van der Waals surface area contributed by atoms with Gasteiger partial charge in [-0.05, 0) is 31.5 Å². The lowest BCUT2D eigenvalue weighted by Crippen LogP contribution is -2.40. The zero-order valence-electron chi connectivity index (χ0n) is 14.6. The first kappa shape index (κ1) is 17.1. The average molecular weight is 353 g/mol. The number of piperidine rings is 1. The quantitative estimate of drug-likeness (QED) is 0.888. The van der Waals surface area contributed by atoms with Crippen LogP contribution in [0, 0.1) is 5.92 Å². The van der Waals surface area contributed by atoms with Crippen LogP contribution in [0.5, 0.6) is 11.5 Å². The highest BCUT2D eigenvalue weighted by Gasteiger charge is 2.28. The van der Waals surface area contributed by atoms with Gasteiger partial charge < -0.3 is 19.5 Å². The lowest BCUT2D eigenvalue weighted by Gasteiger charge is -2.32. The van der Waals surface area contributed by atoms with Crippen molar-refractivity contribution >= 4 is 5.97 Å². The smallest absolute Gasteiger partial charge is 0.307 e. The molecule has 0 spiro atoms. The number of rotatable bonds is 5. The summed E-state index contributed by atoms with van der Waals surface area (Å²) in [6.45, 7) is 2.85. The van der Waals surface area contributed by atoms with E-state index in [0.717, 1.165) is 48.6 Å². The van der Waals surface area contributed by atoms with Crippen molar-refractivity contribution in [3.63, 3.8) is 0 Å². The molecule has 5 heteroatoms. The topological polar surface area (TPSA) is 59.0 Å². The van der Waals surface area contributed by atoms with Crippen LogP contribution in [0.3, 0.4) is 0 Å². The Hall–Kier alpha value is -2.37. The molecule has 1 N–H and O–H groups in total. The Morgan fingerprint density at radius 2 is 1.77 bits per heavy atom. The van der Waals surface area contributed by atoms with Gasteiger partial charge in [0.25, 0.3) is 0 Å². The molecule has 1 atom stereocenters. The van der Waals surface area contributed by atoms with Crippen LogP contribution in [-0.4, -0.2) is 42.2 Å². The van der Waals surface area contributed by atoms with E-state index in [1.54, 1.807) is 0 Å². The number of hydrogen-bond acceptors (Lipinski definition) is 4. The number of ether oxygens (including phenoxy) is 2. The molecule has 1 fully saturated rings. The second-order valence-electron chi connectivity index (χ2n) is 6.91. The van der Waals surface area contributed by atoms with Crippen molar-refractivity contribution in [2.75, 3.05) is 26.2 Å². The monoisotopic (exact) mass is 353 g/mol. The van der Waals surface area contributed by atoms with Crippen molar-refractivity contribution in [3.8, 4) is 11.5 Å². The van der Waals surface area contributed by atoms with Crippen LogP contribution in [0.15, 0.2) is 48.5 Å². The van der Waals surface area contributed by atoms with Gasteiger partial charge in [0.15, 0.2) is 0 Å². The summed E-state index contributed by atoms with van der Waals surface area (Å²) in [6.07, 6.45) is 1.55. The second-order valence-corrected chi connectivity index (χ2v) is 6.91. The van der Waals surface area contributed by atoms with E-state index in [-0.39, 0.29) is 12.0 Å². The van der Waals surface area contributed by atoms with Crippen LogP contribution >= 0.6 is 0 Å². The maximum absolute atomic E-state index is 11.2. The predicted molar refractivity (Wildman–Crippen MR) is 97.6 cm³/mol. The molecule has 0 aromatic heterocycles. The number of hydrogen-bond donors (Lipinski definition) is 1. The maximum atomic E-state index is 11.2. The van der Waals surface area contributed by atoms with Gasteiger partial charge in [0.2, 0.25) is 0 Å². The highest BCUT2D eigenvalue weighted by atomic mass is 16.5. The molecular formula is C21H23NO4. The molecule has 1 saturated heterocycles. The minimum atomic E-state index is -0.692. The third-order valence-electron chi connectivity index (χ3n) is 5.17. The Morgan fingerprint density at radius 3 is 2.42 bits per heavy atom. The fourth-order valence-electron chi connectivity index (χ4n) is 3.81. The maximum Gasteiger partial charge on any atom is 0.307 e. The largest absolute Gasteiger partial charge is 0.481 e. The number of para-hydroxylation sites is 2. The van der Waals surface area contributed by atoms with Crippen molar-refractivity contribution in [2.45, 2.75) is 18.9 Å². The summed E-state index contributed by atoms with van der Waals surface area (Å²) in [5, 5.41) is 9.23. The molecule has 2 aliphatic heterocycles. The Bertz CT molecular complexity index is 746. The molecule has 5 nitrogen and oxygen atoms in total. The Labute approximate surface area is 153 Å². The van der Waals surface area contributed by atoms with Crippen LogP contribution in [0.4, 0.5) is 0 Å². The van der Waals surface area contributed by atoms with Gasteiger partial charge in [-0.25, -0.2) is 0 Å². The van der Waals surface area contributed by atoms with E-state index in [4.69, 9.17) is 9.47 Å². The highest BCUT2D eigenvalue weighted by molar-refractivity contribution is 5.70. The first-order chi connectivity index (χ1) is 12.7. The fourth-order valence-corrected chi connectivity index (χ4v) is 3.81. The van der Waals surface area contributed by atoms with Crippen LogP contribution in [0.1, 0.15) is 30.1 Å². The number of carboxylic acid groups (broad SMARTS) is 1. The predicted octanol–water partition coefficient (Wildman–Crippen LogP) is 3.69. The Balaban J connectivity index is 1.44. The third kappa shape index (κ3) is 3.45. The number of nitrogens with zero attached hydrogens (tertiary/aromatic N) is 1. The van der Waals surface area contributed by atoms with E-state index in [9.17, 15) is 9.90 Å². The standard InChI is InChI=1S/C21H23NO4/c23-21(24)15-6-5-11-22(14-15)12-13-25-20-16-7-1-3-9-18(16)26-19-10-4-2-8-17(19)20/h1-4,7-10,15,20H,5-6,11-14H2,(H,23,24). The summed E-state index contributed by atoms with van der Waals surface area (Å²) in [7, 11) is 0. The Morgan fingerprint density at radius 1 is 1.12 bits per heavy atom. The van der Waals surface area contributed by atoms with E-state index < -0.39 is 5.97 Å². The molecule has 4 rings (SSSR count). The van der Waals surface area contributed by atoms with Crippen LogP contribution < -0.4 is 4.74 Å². The fraction of sp³-hybridized carbons (Fsp3) is 0.381. The molecule has 1 unspecified atom stereocenters. The number of fused-ring (bicyclic) bond motifs is 2. The van der Waals surface area contributed by atoms with Gasteiger partial charge in [-0.1, -0.05) is 36.4 Å². The van der Waals surface area contributed by atoms with Crippen LogP contribution in [0.25, 0.3) is 0 Å². The van der Waals surface area contributed by atoms with E-state index >= 15 is 0 Å². The number of carboxylic acids is 1. The van der Waals surface area contributed by atoms with Gasteiger partial charge in [-0.15, -0.1) is 0 Å². The molecule has 0 bridgehead atoms. The molecule has 0 saturated carbocycles. The molecule has 0 amide bonds. The van der Waals surface area contributed by atoms with Gasteiger partial charge in [-0.2, -0.15) is 0 Å². The molecule has 2 aromatic rings. The minimum Gasteiger partial charge on any atom is -0.481 e. The number of aliphatic carboxylic acids is 1. The molecule has 26 heavy (non-hydrogen) atoms. The summed E-state index contributed by atoms with van der Waals surface area (Å²) in [6, 6.07) is 15.9.